The number of hydrogen-bond donors (Lipinski definition) is 1. The van der Waals surface area contributed by atoms with Crippen LogP contribution in [-0.4, -0.2) is 31.3 Å². The van der Waals surface area contributed by atoms with E-state index in [1.807, 2.05) is 12.1 Å². The molecular weight excluding hydrogens is 745 g/mol. The van der Waals surface area contributed by atoms with Crippen molar-refractivity contribution < 1.29 is 14.3 Å². The molecule has 15 heteroatoms. The normalized spacial score (nSPS) is 10.6. The summed E-state index contributed by atoms with van der Waals surface area (Å²) in [6.45, 7) is 0.549. The minimum atomic E-state index is -0.450. The van der Waals surface area contributed by atoms with Crippen LogP contribution in [0.5, 0.6) is 11.5 Å². The van der Waals surface area contributed by atoms with Crippen LogP contribution in [-0.2, 0) is 31.9 Å². The summed E-state index contributed by atoms with van der Waals surface area (Å²) in [5, 5.41) is 4.49. The number of benzene rings is 4. The largest absolute Gasteiger partial charge is 0.465 e. The Labute approximate surface area is 317 Å². The Morgan fingerprint density at radius 2 is 1.17 bits per heavy atom. The van der Waals surface area contributed by atoms with Gasteiger partial charge in [0.05, 0.1) is 25.8 Å². The number of aromatic nitrogens is 4. The lowest BCUT2D eigenvalue weighted by Crippen LogP contribution is -2.38. The molecule has 12 nitrogen and oxygen atoms in total. The summed E-state index contributed by atoms with van der Waals surface area (Å²) in [6.07, 6.45) is 0. The van der Waals surface area contributed by atoms with Gasteiger partial charge in [0, 0.05) is 42.0 Å². The molecule has 0 spiro atoms. The molecule has 0 atom stereocenters. The first kappa shape index (κ1) is 38.4. The van der Waals surface area contributed by atoms with Crippen LogP contribution in [0.15, 0.2) is 128 Å². The maximum atomic E-state index is 12.8. The highest BCUT2D eigenvalue weighted by Gasteiger charge is 2.12. The first-order valence-corrected chi connectivity index (χ1v) is 17.0. The quantitative estimate of drug-likeness (QED) is 0.130. The Bertz CT molecular complexity index is 2490. The van der Waals surface area contributed by atoms with Gasteiger partial charge in [0.2, 0.25) is 0 Å². The van der Waals surface area contributed by atoms with Crippen molar-refractivity contribution in [3.05, 3.63) is 183 Å². The molecule has 2 heterocycles. The number of ether oxygens (including phenoxy) is 2. The molecule has 6 rings (SSSR count). The number of methoxy groups -OCH3 is 1. The van der Waals surface area contributed by atoms with Gasteiger partial charge in [0.15, 0.2) is 0 Å². The van der Waals surface area contributed by atoms with Crippen LogP contribution < -0.4 is 32.6 Å². The fourth-order valence-electron chi connectivity index (χ4n) is 4.95. The van der Waals surface area contributed by atoms with Crippen LogP contribution in [0.3, 0.4) is 0 Å². The SMILES string of the molecule is COC(=O)c1cccc(Oc2ccc(Nc3cc(=O)n(C)c(=O)n3Cc3ccc(Cl)cc3)cc2)c1.Cn1c(=O)cc(Cl)n(Cc2ccc(Cl)cc2)c1=O. The Hall–Kier alpha value is -5.82. The fraction of sp³-hybridized carbons (Fsp3) is 0.132. The predicted molar refractivity (Wildman–Crippen MR) is 206 cm³/mol. The molecule has 0 aliphatic heterocycles. The van der Waals surface area contributed by atoms with Crippen LogP contribution in [0.2, 0.25) is 15.2 Å². The minimum Gasteiger partial charge on any atom is -0.465 e. The van der Waals surface area contributed by atoms with Gasteiger partial charge in [-0.15, -0.1) is 0 Å². The number of halogens is 3. The Balaban J connectivity index is 0.000000252. The molecule has 0 bridgehead atoms. The van der Waals surface area contributed by atoms with Crippen molar-refractivity contribution in [3.63, 3.8) is 0 Å². The van der Waals surface area contributed by atoms with Gasteiger partial charge < -0.3 is 14.8 Å². The Morgan fingerprint density at radius 1 is 0.642 bits per heavy atom. The van der Waals surface area contributed by atoms with Crippen molar-refractivity contribution >= 4 is 52.3 Å². The predicted octanol–water partition coefficient (Wildman–Crippen LogP) is 6.47. The summed E-state index contributed by atoms with van der Waals surface area (Å²) in [5.41, 5.74) is 1.04. The van der Waals surface area contributed by atoms with E-state index in [0.29, 0.717) is 45.2 Å². The second-order valence-electron chi connectivity index (χ2n) is 11.6. The number of carbonyl (C=O) groups excluding carboxylic acids is 1. The van der Waals surface area contributed by atoms with Crippen molar-refractivity contribution in [2.24, 2.45) is 14.1 Å². The molecule has 0 fully saturated rings. The molecule has 2 aromatic heterocycles. The highest BCUT2D eigenvalue weighted by molar-refractivity contribution is 6.31. The summed E-state index contributed by atoms with van der Waals surface area (Å²) >= 11 is 17.7. The van der Waals surface area contributed by atoms with Crippen molar-refractivity contribution in [1.29, 1.82) is 0 Å². The molecule has 6 aromatic rings. The lowest BCUT2D eigenvalue weighted by atomic mass is 10.2. The number of nitrogens with one attached hydrogen (secondary N) is 1. The second-order valence-corrected chi connectivity index (χ2v) is 12.8. The monoisotopic (exact) mass is 775 g/mol. The molecule has 0 unspecified atom stereocenters. The minimum absolute atomic E-state index is 0.123. The van der Waals surface area contributed by atoms with Crippen molar-refractivity contribution in [3.8, 4) is 11.5 Å². The van der Waals surface area contributed by atoms with E-state index in [4.69, 9.17) is 44.3 Å². The molecule has 0 amide bonds. The number of hydrogen-bond acceptors (Lipinski definition) is 8. The molecule has 0 saturated carbocycles. The number of anilines is 2. The van der Waals surface area contributed by atoms with Gasteiger partial charge in [-0.1, -0.05) is 65.1 Å². The lowest BCUT2D eigenvalue weighted by Gasteiger charge is -2.16. The van der Waals surface area contributed by atoms with E-state index in [9.17, 15) is 24.0 Å². The van der Waals surface area contributed by atoms with Crippen LogP contribution in [0.25, 0.3) is 0 Å². The molecule has 1 N–H and O–H groups in total. The van der Waals surface area contributed by atoms with Crippen LogP contribution in [0, 0.1) is 0 Å². The topological polar surface area (TPSA) is 136 Å². The zero-order valence-corrected chi connectivity index (χ0v) is 30.9. The molecule has 0 aliphatic carbocycles. The number of esters is 1. The summed E-state index contributed by atoms with van der Waals surface area (Å²) in [4.78, 5) is 60.1. The molecular formula is C38H32Cl3N5O7. The van der Waals surface area contributed by atoms with E-state index in [1.54, 1.807) is 84.9 Å². The van der Waals surface area contributed by atoms with E-state index < -0.39 is 28.5 Å². The summed E-state index contributed by atoms with van der Waals surface area (Å²) in [7, 11) is 4.17. The summed E-state index contributed by atoms with van der Waals surface area (Å²) in [5.74, 6) is 0.929. The zero-order chi connectivity index (χ0) is 38.2. The van der Waals surface area contributed by atoms with Gasteiger partial charge in [-0.25, -0.2) is 14.4 Å². The zero-order valence-electron chi connectivity index (χ0n) is 28.6. The van der Waals surface area contributed by atoms with E-state index in [0.717, 1.165) is 20.3 Å². The molecule has 272 valence electrons. The Kier molecular flexibility index (Phi) is 12.4. The summed E-state index contributed by atoms with van der Waals surface area (Å²) < 4.78 is 15.4. The second kappa shape index (κ2) is 17.1. The average Bonchev–Trinajstić information content (AvgIpc) is 3.15. The first-order chi connectivity index (χ1) is 25.3. The fourth-order valence-corrected chi connectivity index (χ4v) is 5.43. The smallest absolute Gasteiger partial charge is 0.337 e. The van der Waals surface area contributed by atoms with E-state index in [1.165, 1.54) is 42.5 Å². The number of carbonyl (C=O) groups is 1. The van der Waals surface area contributed by atoms with Crippen LogP contribution in [0.4, 0.5) is 11.5 Å². The first-order valence-electron chi connectivity index (χ1n) is 15.8. The standard InChI is InChI=1S/C26H22ClN3O5.C12H10Cl2N2O2/c1-29-24(31)15-23(30(26(29)33)16-17-6-8-19(27)9-7-17)28-20-10-12-21(13-11-20)35-22-5-3-4-18(14-22)25(32)34-2;1-15-11(17)6-10(14)16(12(15)18)7-8-2-4-9(13)5-3-8/h3-15,28H,16H2,1-2H3;2-6H,7H2,1H3. The molecule has 0 radical (unpaired) electrons. The highest BCUT2D eigenvalue weighted by atomic mass is 35.5. The maximum Gasteiger partial charge on any atom is 0.337 e. The molecule has 0 aliphatic rings. The molecule has 4 aromatic carbocycles. The maximum absolute atomic E-state index is 12.8. The van der Waals surface area contributed by atoms with Gasteiger partial charge in [-0.3, -0.25) is 27.9 Å². The van der Waals surface area contributed by atoms with Crippen LogP contribution in [0.1, 0.15) is 21.5 Å². The van der Waals surface area contributed by atoms with E-state index >= 15 is 0 Å². The van der Waals surface area contributed by atoms with E-state index in [-0.39, 0.29) is 11.7 Å². The third kappa shape index (κ3) is 9.74. The van der Waals surface area contributed by atoms with Gasteiger partial charge in [0.1, 0.15) is 22.5 Å². The number of rotatable bonds is 9. The Morgan fingerprint density at radius 3 is 1.74 bits per heavy atom. The lowest BCUT2D eigenvalue weighted by molar-refractivity contribution is 0.0600. The van der Waals surface area contributed by atoms with Crippen molar-refractivity contribution in [2.75, 3.05) is 12.4 Å². The van der Waals surface area contributed by atoms with Gasteiger partial charge >= 0.3 is 17.3 Å². The summed E-state index contributed by atoms with van der Waals surface area (Å²) in [6, 6.07) is 30.5. The van der Waals surface area contributed by atoms with Crippen molar-refractivity contribution in [1.82, 2.24) is 18.3 Å². The van der Waals surface area contributed by atoms with Gasteiger partial charge in [-0.2, -0.15) is 0 Å². The average molecular weight is 777 g/mol. The highest BCUT2D eigenvalue weighted by Crippen LogP contribution is 2.25. The molecule has 0 saturated heterocycles. The third-order valence-electron chi connectivity index (χ3n) is 7.87. The number of nitrogens with zero attached hydrogens (tertiary/aromatic N) is 4. The van der Waals surface area contributed by atoms with Crippen LogP contribution >= 0.6 is 34.8 Å². The van der Waals surface area contributed by atoms with Crippen molar-refractivity contribution in [2.45, 2.75) is 13.1 Å². The molecule has 53 heavy (non-hydrogen) atoms. The van der Waals surface area contributed by atoms with Gasteiger partial charge in [-0.05, 0) is 77.9 Å². The van der Waals surface area contributed by atoms with E-state index in [2.05, 4.69) is 5.32 Å². The van der Waals surface area contributed by atoms with Gasteiger partial charge in [0.25, 0.3) is 11.1 Å². The third-order valence-corrected chi connectivity index (χ3v) is 8.69.